The average Bonchev–Trinajstić information content (AvgIpc) is 2.62. The van der Waals surface area contributed by atoms with Crippen LogP contribution in [0.15, 0.2) is 48.7 Å². The van der Waals surface area contributed by atoms with E-state index in [0.29, 0.717) is 5.82 Å². The number of pyridine rings is 1. The van der Waals surface area contributed by atoms with Crippen LogP contribution in [0.3, 0.4) is 0 Å². The van der Waals surface area contributed by atoms with Gasteiger partial charge in [-0.1, -0.05) is 18.2 Å². The highest BCUT2D eigenvalue weighted by Gasteiger charge is 2.14. The maximum absolute atomic E-state index is 12.1. The van der Waals surface area contributed by atoms with Gasteiger partial charge < -0.3 is 15.4 Å². The predicted octanol–water partition coefficient (Wildman–Crippen LogP) is 2.56. The zero-order valence-electron chi connectivity index (χ0n) is 14.4. The van der Waals surface area contributed by atoms with Crippen LogP contribution in [0, 0.1) is 6.92 Å². The molecule has 2 aromatic rings. The number of ether oxygens (including phenoxy) is 1. The Morgan fingerprint density at radius 1 is 1.16 bits per heavy atom. The van der Waals surface area contributed by atoms with E-state index in [1.807, 2.05) is 37.3 Å². The Hall–Kier alpha value is -3.15. The Labute approximate surface area is 146 Å². The predicted molar refractivity (Wildman–Crippen MR) is 97.2 cm³/mol. The average molecular weight is 339 g/mol. The van der Waals surface area contributed by atoms with Gasteiger partial charge in [-0.2, -0.15) is 0 Å². The monoisotopic (exact) mass is 339 g/mol. The molecule has 2 amide bonds. The van der Waals surface area contributed by atoms with E-state index < -0.39 is 6.04 Å². The molecule has 130 valence electrons. The first kappa shape index (κ1) is 18.2. The molecule has 1 unspecified atom stereocenters. The molecule has 2 rings (SSSR count). The Bertz CT molecular complexity index is 752. The zero-order valence-corrected chi connectivity index (χ0v) is 14.4. The number of anilines is 1. The second-order valence-electron chi connectivity index (χ2n) is 5.55. The van der Waals surface area contributed by atoms with E-state index in [0.717, 1.165) is 16.9 Å². The van der Waals surface area contributed by atoms with E-state index in [4.69, 9.17) is 4.74 Å². The molecule has 1 aromatic carbocycles. The third-order valence-corrected chi connectivity index (χ3v) is 3.46. The van der Waals surface area contributed by atoms with Crippen LogP contribution in [0.4, 0.5) is 5.82 Å². The molecule has 2 N–H and O–H groups in total. The highest BCUT2D eigenvalue weighted by Crippen LogP contribution is 2.12. The Balaban J connectivity index is 1.86. The summed E-state index contributed by atoms with van der Waals surface area (Å²) in [6.45, 7) is 3.53. The lowest BCUT2D eigenvalue weighted by Gasteiger charge is -2.12. The molecule has 0 aliphatic heterocycles. The third kappa shape index (κ3) is 5.76. The molecule has 0 aliphatic carbocycles. The standard InChI is InChI=1S/C19H21N3O3/c1-13-4-10-17(20-12-13)22-19(24)14(2)21-18(23)11-7-15-5-8-16(25-3)9-6-15/h4-12,14H,1-3H3,(H,21,23)(H,20,22,24)/b11-7+. The summed E-state index contributed by atoms with van der Waals surface area (Å²) in [5.74, 6) is 0.514. The van der Waals surface area contributed by atoms with Crippen molar-refractivity contribution in [1.82, 2.24) is 10.3 Å². The number of carbonyl (C=O) groups is 2. The van der Waals surface area contributed by atoms with E-state index in [1.54, 1.807) is 32.4 Å². The maximum atomic E-state index is 12.1. The van der Waals surface area contributed by atoms with E-state index >= 15 is 0 Å². The zero-order chi connectivity index (χ0) is 18.2. The molecular weight excluding hydrogens is 318 g/mol. The molecule has 0 bridgehead atoms. The molecule has 1 aromatic heterocycles. The maximum Gasteiger partial charge on any atom is 0.247 e. The Kier molecular flexibility index (Phi) is 6.28. The highest BCUT2D eigenvalue weighted by atomic mass is 16.5. The van der Waals surface area contributed by atoms with Crippen LogP contribution in [0.5, 0.6) is 5.75 Å². The van der Waals surface area contributed by atoms with Gasteiger partial charge in [-0.3, -0.25) is 9.59 Å². The minimum Gasteiger partial charge on any atom is -0.497 e. The normalized spacial score (nSPS) is 11.8. The van der Waals surface area contributed by atoms with Gasteiger partial charge in [0.25, 0.3) is 0 Å². The summed E-state index contributed by atoms with van der Waals surface area (Å²) < 4.78 is 5.08. The topological polar surface area (TPSA) is 80.3 Å². The SMILES string of the molecule is COc1ccc(/C=C/C(=O)NC(C)C(=O)Nc2ccc(C)cn2)cc1. The van der Waals surface area contributed by atoms with Gasteiger partial charge in [0.1, 0.15) is 17.6 Å². The number of hydrogen-bond donors (Lipinski definition) is 2. The number of rotatable bonds is 6. The number of benzene rings is 1. The largest absolute Gasteiger partial charge is 0.497 e. The summed E-state index contributed by atoms with van der Waals surface area (Å²) >= 11 is 0. The number of aromatic nitrogens is 1. The Morgan fingerprint density at radius 2 is 1.88 bits per heavy atom. The van der Waals surface area contributed by atoms with Crippen molar-refractivity contribution in [2.45, 2.75) is 19.9 Å². The van der Waals surface area contributed by atoms with Gasteiger partial charge in [0.2, 0.25) is 11.8 Å². The van der Waals surface area contributed by atoms with Crippen molar-refractivity contribution in [1.29, 1.82) is 0 Å². The van der Waals surface area contributed by atoms with Crippen LogP contribution in [0.2, 0.25) is 0 Å². The number of carbonyl (C=O) groups excluding carboxylic acids is 2. The highest BCUT2D eigenvalue weighted by molar-refractivity contribution is 5.99. The van der Waals surface area contributed by atoms with Crippen LogP contribution in [0.1, 0.15) is 18.1 Å². The molecule has 0 radical (unpaired) electrons. The van der Waals surface area contributed by atoms with Crippen molar-refractivity contribution in [3.63, 3.8) is 0 Å². The summed E-state index contributed by atoms with van der Waals surface area (Å²) in [5.41, 5.74) is 1.86. The fraction of sp³-hybridized carbons (Fsp3) is 0.211. The van der Waals surface area contributed by atoms with Gasteiger partial charge in [-0.15, -0.1) is 0 Å². The van der Waals surface area contributed by atoms with Crippen LogP contribution in [0.25, 0.3) is 6.08 Å². The van der Waals surface area contributed by atoms with Crippen molar-refractivity contribution >= 4 is 23.7 Å². The number of nitrogens with zero attached hydrogens (tertiary/aromatic N) is 1. The van der Waals surface area contributed by atoms with Crippen LogP contribution in [-0.4, -0.2) is 29.9 Å². The summed E-state index contributed by atoms with van der Waals surface area (Å²) in [6.07, 6.45) is 4.72. The van der Waals surface area contributed by atoms with Crippen LogP contribution in [-0.2, 0) is 9.59 Å². The quantitative estimate of drug-likeness (QED) is 0.793. The second-order valence-corrected chi connectivity index (χ2v) is 5.55. The fourth-order valence-electron chi connectivity index (χ4n) is 1.99. The molecule has 1 heterocycles. The first-order chi connectivity index (χ1) is 12.0. The van der Waals surface area contributed by atoms with Gasteiger partial charge in [-0.05, 0) is 49.2 Å². The lowest BCUT2D eigenvalue weighted by atomic mass is 10.2. The van der Waals surface area contributed by atoms with E-state index in [1.165, 1.54) is 6.08 Å². The molecule has 0 saturated carbocycles. The van der Waals surface area contributed by atoms with E-state index in [9.17, 15) is 9.59 Å². The lowest BCUT2D eigenvalue weighted by molar-refractivity contribution is -0.123. The van der Waals surface area contributed by atoms with E-state index in [2.05, 4.69) is 15.6 Å². The number of methoxy groups -OCH3 is 1. The minimum absolute atomic E-state index is 0.331. The van der Waals surface area contributed by atoms with Gasteiger partial charge in [0.15, 0.2) is 0 Å². The molecule has 1 atom stereocenters. The molecule has 6 heteroatoms. The van der Waals surface area contributed by atoms with Crippen molar-refractivity contribution in [3.05, 3.63) is 59.8 Å². The smallest absolute Gasteiger partial charge is 0.247 e. The lowest BCUT2D eigenvalue weighted by Crippen LogP contribution is -2.41. The van der Waals surface area contributed by atoms with Gasteiger partial charge >= 0.3 is 0 Å². The summed E-state index contributed by atoms with van der Waals surface area (Å²) in [4.78, 5) is 28.1. The summed E-state index contributed by atoms with van der Waals surface area (Å²) in [6, 6.07) is 10.2. The first-order valence-electron chi connectivity index (χ1n) is 7.84. The number of nitrogens with one attached hydrogen (secondary N) is 2. The number of amides is 2. The molecule has 0 fully saturated rings. The van der Waals surface area contributed by atoms with Gasteiger partial charge in [0.05, 0.1) is 7.11 Å². The molecule has 6 nitrogen and oxygen atoms in total. The van der Waals surface area contributed by atoms with Crippen LogP contribution < -0.4 is 15.4 Å². The van der Waals surface area contributed by atoms with Gasteiger partial charge in [0, 0.05) is 12.3 Å². The fourth-order valence-corrected chi connectivity index (χ4v) is 1.99. The van der Waals surface area contributed by atoms with Crippen molar-refractivity contribution < 1.29 is 14.3 Å². The van der Waals surface area contributed by atoms with Crippen molar-refractivity contribution in [2.75, 3.05) is 12.4 Å². The molecule has 0 spiro atoms. The molecule has 25 heavy (non-hydrogen) atoms. The van der Waals surface area contributed by atoms with Gasteiger partial charge in [-0.25, -0.2) is 4.98 Å². The van der Waals surface area contributed by atoms with Crippen molar-refractivity contribution in [3.8, 4) is 5.75 Å². The first-order valence-corrected chi connectivity index (χ1v) is 7.84. The summed E-state index contributed by atoms with van der Waals surface area (Å²) in [5, 5.41) is 5.27. The van der Waals surface area contributed by atoms with E-state index in [-0.39, 0.29) is 11.8 Å². The number of aryl methyl sites for hydroxylation is 1. The van der Waals surface area contributed by atoms with Crippen molar-refractivity contribution in [2.24, 2.45) is 0 Å². The number of hydrogen-bond acceptors (Lipinski definition) is 4. The Morgan fingerprint density at radius 3 is 2.48 bits per heavy atom. The molecule has 0 aliphatic rings. The molecular formula is C19H21N3O3. The second kappa shape index (κ2) is 8.63. The summed E-state index contributed by atoms with van der Waals surface area (Å²) in [7, 11) is 1.59. The molecule has 0 saturated heterocycles. The third-order valence-electron chi connectivity index (χ3n) is 3.46. The van der Waals surface area contributed by atoms with Crippen LogP contribution >= 0.6 is 0 Å². The minimum atomic E-state index is -0.684.